The second-order valence-corrected chi connectivity index (χ2v) is 6.21. The Morgan fingerprint density at radius 2 is 1.92 bits per heavy atom. The van der Waals surface area contributed by atoms with Gasteiger partial charge in [-0.05, 0) is 30.5 Å². The zero-order valence-corrected chi connectivity index (χ0v) is 14.4. The third kappa shape index (κ3) is 4.59. The number of hydrogen-bond donors (Lipinski definition) is 1. The van der Waals surface area contributed by atoms with E-state index in [4.69, 9.17) is 9.47 Å². The van der Waals surface area contributed by atoms with Gasteiger partial charge in [0.2, 0.25) is 6.10 Å². The number of hydrogen-bond acceptors (Lipinski definition) is 4. The number of methoxy groups -OCH3 is 1. The van der Waals surface area contributed by atoms with Crippen LogP contribution in [0.4, 0.5) is 4.39 Å². The predicted octanol–water partition coefficient (Wildman–Crippen LogP) is 2.94. The van der Waals surface area contributed by atoms with Gasteiger partial charge in [0.25, 0.3) is 5.91 Å². The molecule has 6 heteroatoms. The van der Waals surface area contributed by atoms with Gasteiger partial charge in [-0.1, -0.05) is 36.4 Å². The number of benzene rings is 2. The van der Waals surface area contributed by atoms with E-state index in [-0.39, 0.29) is 24.1 Å². The Kier molecular flexibility index (Phi) is 5.51. The summed E-state index contributed by atoms with van der Waals surface area (Å²) in [4.78, 5) is 24.8. The maximum atomic E-state index is 13.8. The minimum absolute atomic E-state index is 0.105. The highest BCUT2D eigenvalue weighted by atomic mass is 19.1. The number of halogens is 1. The van der Waals surface area contributed by atoms with Crippen LogP contribution in [0.15, 0.2) is 48.5 Å². The SMILES string of the molecule is COc1ccc(CC(=O)O[C@H](C(=O)NC2CC2)c2ccccc2)cc1F. The summed E-state index contributed by atoms with van der Waals surface area (Å²) in [6.45, 7) is 0. The molecule has 0 aliphatic heterocycles. The van der Waals surface area contributed by atoms with Crippen LogP contribution in [0.1, 0.15) is 30.1 Å². The lowest BCUT2D eigenvalue weighted by Gasteiger charge is -2.18. The molecule has 0 bridgehead atoms. The topological polar surface area (TPSA) is 64.6 Å². The van der Waals surface area contributed by atoms with Gasteiger partial charge in [0.1, 0.15) is 0 Å². The third-order valence-electron chi connectivity index (χ3n) is 4.08. The second kappa shape index (κ2) is 7.99. The van der Waals surface area contributed by atoms with Gasteiger partial charge in [0, 0.05) is 11.6 Å². The molecule has 1 aliphatic rings. The quantitative estimate of drug-likeness (QED) is 0.774. The molecule has 2 aromatic carbocycles. The van der Waals surface area contributed by atoms with Crippen LogP contribution < -0.4 is 10.1 Å². The fraction of sp³-hybridized carbons (Fsp3) is 0.300. The molecular weight excluding hydrogens is 337 g/mol. The summed E-state index contributed by atoms with van der Waals surface area (Å²) in [6.07, 6.45) is 0.715. The molecule has 1 atom stereocenters. The molecule has 26 heavy (non-hydrogen) atoms. The van der Waals surface area contributed by atoms with Crippen LogP contribution in [-0.4, -0.2) is 25.0 Å². The number of carbonyl (C=O) groups is 2. The molecule has 0 saturated heterocycles. The van der Waals surface area contributed by atoms with E-state index in [1.165, 1.54) is 19.2 Å². The van der Waals surface area contributed by atoms with Crippen molar-refractivity contribution >= 4 is 11.9 Å². The molecule has 0 heterocycles. The lowest BCUT2D eigenvalue weighted by atomic mass is 10.1. The number of esters is 1. The lowest BCUT2D eigenvalue weighted by molar-refractivity contribution is -0.156. The van der Waals surface area contributed by atoms with E-state index in [1.807, 2.05) is 6.07 Å². The second-order valence-electron chi connectivity index (χ2n) is 6.21. The van der Waals surface area contributed by atoms with Gasteiger partial charge in [-0.2, -0.15) is 0 Å². The van der Waals surface area contributed by atoms with Crippen LogP contribution in [0.5, 0.6) is 5.75 Å². The van der Waals surface area contributed by atoms with Gasteiger partial charge in [-0.3, -0.25) is 9.59 Å². The van der Waals surface area contributed by atoms with E-state index in [2.05, 4.69) is 5.32 Å². The summed E-state index contributed by atoms with van der Waals surface area (Å²) in [6, 6.07) is 13.3. The van der Waals surface area contributed by atoms with Crippen molar-refractivity contribution in [3.05, 3.63) is 65.5 Å². The van der Waals surface area contributed by atoms with Gasteiger partial charge in [0.05, 0.1) is 13.5 Å². The highest BCUT2D eigenvalue weighted by Gasteiger charge is 2.30. The Bertz CT molecular complexity index is 790. The van der Waals surface area contributed by atoms with Crippen molar-refractivity contribution in [3.63, 3.8) is 0 Å². The van der Waals surface area contributed by atoms with Gasteiger partial charge in [0.15, 0.2) is 11.6 Å². The van der Waals surface area contributed by atoms with Crippen LogP contribution in [0.2, 0.25) is 0 Å². The van der Waals surface area contributed by atoms with Gasteiger partial charge in [-0.15, -0.1) is 0 Å². The van der Waals surface area contributed by atoms with Crippen LogP contribution >= 0.6 is 0 Å². The Morgan fingerprint density at radius 1 is 1.19 bits per heavy atom. The minimum Gasteiger partial charge on any atom is -0.494 e. The first kappa shape index (κ1) is 17.9. The van der Waals surface area contributed by atoms with Gasteiger partial charge >= 0.3 is 5.97 Å². The predicted molar refractivity (Wildman–Crippen MR) is 93.1 cm³/mol. The largest absolute Gasteiger partial charge is 0.494 e. The molecule has 0 aromatic heterocycles. The first-order valence-corrected chi connectivity index (χ1v) is 8.44. The molecule has 0 spiro atoms. The van der Waals surface area contributed by atoms with Crippen LogP contribution in [0.25, 0.3) is 0 Å². The molecular formula is C20H20FNO4. The Morgan fingerprint density at radius 3 is 2.54 bits per heavy atom. The molecule has 1 N–H and O–H groups in total. The number of rotatable bonds is 7. The number of nitrogens with one attached hydrogen (secondary N) is 1. The Balaban J connectivity index is 1.70. The normalized spacial score (nSPS) is 14.4. The Hall–Kier alpha value is -2.89. The first-order chi connectivity index (χ1) is 12.6. The molecule has 1 fully saturated rings. The van der Waals surface area contributed by atoms with E-state index < -0.39 is 17.9 Å². The molecule has 0 unspecified atom stereocenters. The smallest absolute Gasteiger partial charge is 0.311 e. The maximum absolute atomic E-state index is 13.8. The summed E-state index contributed by atoms with van der Waals surface area (Å²) in [5.41, 5.74) is 1.04. The van der Waals surface area contributed by atoms with E-state index >= 15 is 0 Å². The number of carbonyl (C=O) groups excluding carboxylic acids is 2. The zero-order valence-electron chi connectivity index (χ0n) is 14.4. The van der Waals surface area contributed by atoms with Crippen molar-refractivity contribution < 1.29 is 23.5 Å². The van der Waals surface area contributed by atoms with Crippen LogP contribution in [-0.2, 0) is 20.7 Å². The van der Waals surface area contributed by atoms with E-state index in [0.29, 0.717) is 11.1 Å². The average molecular weight is 357 g/mol. The van der Waals surface area contributed by atoms with Crippen LogP contribution in [0, 0.1) is 5.82 Å². The standard InChI is InChI=1S/C20H20FNO4/c1-25-17-10-7-13(11-16(17)21)12-18(23)26-19(14-5-3-2-4-6-14)20(24)22-15-8-9-15/h2-7,10-11,15,19H,8-9,12H2,1H3,(H,22,24)/t19-/m0/s1. The average Bonchev–Trinajstić information content (AvgIpc) is 3.44. The summed E-state index contributed by atoms with van der Waals surface area (Å²) in [5, 5.41) is 2.85. The first-order valence-electron chi connectivity index (χ1n) is 8.44. The van der Waals surface area contributed by atoms with Crippen molar-refractivity contribution in [1.29, 1.82) is 0 Å². The zero-order chi connectivity index (χ0) is 18.5. The maximum Gasteiger partial charge on any atom is 0.311 e. The van der Waals surface area contributed by atoms with Crippen molar-refractivity contribution in [2.24, 2.45) is 0 Å². The molecule has 1 amide bonds. The summed E-state index contributed by atoms with van der Waals surface area (Å²) in [5.74, 6) is -1.39. The van der Waals surface area contributed by atoms with Crippen molar-refractivity contribution in [3.8, 4) is 5.75 Å². The van der Waals surface area contributed by atoms with E-state index in [9.17, 15) is 14.0 Å². The van der Waals surface area contributed by atoms with Crippen LogP contribution in [0.3, 0.4) is 0 Å². The fourth-order valence-electron chi connectivity index (χ4n) is 2.56. The van der Waals surface area contributed by atoms with E-state index in [0.717, 1.165) is 12.8 Å². The lowest BCUT2D eigenvalue weighted by Crippen LogP contribution is -2.33. The van der Waals surface area contributed by atoms with Crippen molar-refractivity contribution in [1.82, 2.24) is 5.32 Å². The van der Waals surface area contributed by atoms with Crippen molar-refractivity contribution in [2.45, 2.75) is 31.4 Å². The van der Waals surface area contributed by atoms with Gasteiger partial charge in [-0.25, -0.2) is 4.39 Å². The summed E-state index contributed by atoms with van der Waals surface area (Å²) >= 11 is 0. The highest BCUT2D eigenvalue weighted by Crippen LogP contribution is 2.24. The molecule has 5 nitrogen and oxygen atoms in total. The molecule has 136 valence electrons. The number of ether oxygens (including phenoxy) is 2. The molecule has 2 aromatic rings. The van der Waals surface area contributed by atoms with Crippen molar-refractivity contribution in [2.75, 3.05) is 7.11 Å². The minimum atomic E-state index is -1.02. The van der Waals surface area contributed by atoms with E-state index in [1.54, 1.807) is 30.3 Å². The Labute approximate surface area is 151 Å². The third-order valence-corrected chi connectivity index (χ3v) is 4.08. The summed E-state index contributed by atoms with van der Waals surface area (Å²) in [7, 11) is 1.37. The fourth-order valence-corrected chi connectivity index (χ4v) is 2.56. The highest BCUT2D eigenvalue weighted by molar-refractivity contribution is 5.85. The molecule has 1 aliphatic carbocycles. The molecule has 0 radical (unpaired) electrons. The number of amides is 1. The van der Waals surface area contributed by atoms with Gasteiger partial charge < -0.3 is 14.8 Å². The molecule has 1 saturated carbocycles. The monoisotopic (exact) mass is 357 g/mol. The molecule has 3 rings (SSSR count). The summed E-state index contributed by atoms with van der Waals surface area (Å²) < 4.78 is 24.0.